The molecule has 8 heteroatoms. The van der Waals surface area contributed by atoms with Crippen LogP contribution in [0.2, 0.25) is 5.02 Å². The molecule has 1 aliphatic heterocycles. The number of ketones is 1. The summed E-state index contributed by atoms with van der Waals surface area (Å²) in [7, 11) is 1.46. The van der Waals surface area contributed by atoms with Crippen LogP contribution in [0.3, 0.4) is 0 Å². The minimum absolute atomic E-state index is 0.0225. The third-order valence-corrected chi connectivity index (χ3v) is 5.53. The van der Waals surface area contributed by atoms with Crippen molar-refractivity contribution in [1.29, 1.82) is 0 Å². The normalized spacial score (nSPS) is 17.6. The van der Waals surface area contributed by atoms with Gasteiger partial charge in [-0.15, -0.1) is 0 Å². The summed E-state index contributed by atoms with van der Waals surface area (Å²) in [4.78, 5) is 31.7. The van der Waals surface area contributed by atoms with Gasteiger partial charge < -0.3 is 14.7 Å². The molecule has 0 saturated carbocycles. The third-order valence-electron chi connectivity index (χ3n) is 5.20. The number of pyridine rings is 1. The molecule has 2 heterocycles. The molecule has 1 atom stereocenters. The number of aliphatic hydroxyl groups is 1. The fourth-order valence-corrected chi connectivity index (χ4v) is 3.84. The Morgan fingerprint density at radius 3 is 2.56 bits per heavy atom. The molecule has 4 rings (SSSR count). The lowest BCUT2D eigenvalue weighted by molar-refractivity contribution is -0.140. The van der Waals surface area contributed by atoms with E-state index in [1.807, 2.05) is 0 Å². The zero-order valence-corrected chi connectivity index (χ0v) is 17.7. The molecule has 0 radical (unpaired) electrons. The minimum Gasteiger partial charge on any atom is -0.507 e. The topological polar surface area (TPSA) is 79.7 Å². The zero-order chi connectivity index (χ0) is 22.8. The van der Waals surface area contributed by atoms with Crippen molar-refractivity contribution >= 4 is 29.1 Å². The Morgan fingerprint density at radius 1 is 1.16 bits per heavy atom. The number of halogens is 2. The number of ether oxygens (including phenoxy) is 1. The van der Waals surface area contributed by atoms with Gasteiger partial charge in [0.1, 0.15) is 23.4 Å². The van der Waals surface area contributed by atoms with Crippen LogP contribution in [0.25, 0.3) is 5.76 Å². The van der Waals surface area contributed by atoms with E-state index in [2.05, 4.69) is 4.98 Å². The van der Waals surface area contributed by atoms with E-state index >= 15 is 0 Å². The molecular formula is C24H18ClFN2O4. The van der Waals surface area contributed by atoms with Gasteiger partial charge in [0.25, 0.3) is 11.7 Å². The Morgan fingerprint density at radius 2 is 1.91 bits per heavy atom. The average molecular weight is 453 g/mol. The van der Waals surface area contributed by atoms with Crippen molar-refractivity contribution in [2.45, 2.75) is 12.6 Å². The first-order valence-corrected chi connectivity index (χ1v) is 10.1. The maximum absolute atomic E-state index is 13.3. The molecule has 32 heavy (non-hydrogen) atoms. The lowest BCUT2D eigenvalue weighted by atomic mass is 9.98. The molecule has 0 spiro atoms. The Hall–Kier alpha value is -3.71. The van der Waals surface area contributed by atoms with E-state index in [-0.39, 0.29) is 22.7 Å². The number of aromatic nitrogens is 1. The number of Topliss-reactive ketones (excluding diaryl/α,β-unsaturated/α-hetero) is 1. The van der Waals surface area contributed by atoms with Crippen LogP contribution < -0.4 is 4.74 Å². The van der Waals surface area contributed by atoms with E-state index in [1.165, 1.54) is 54.6 Å². The summed E-state index contributed by atoms with van der Waals surface area (Å²) in [6.07, 6.45) is 1.53. The molecule has 1 saturated heterocycles. The first-order valence-electron chi connectivity index (χ1n) is 9.68. The number of amides is 1. The second-order valence-corrected chi connectivity index (χ2v) is 7.56. The van der Waals surface area contributed by atoms with Crippen molar-refractivity contribution in [2.24, 2.45) is 0 Å². The first kappa shape index (κ1) is 21.5. The van der Waals surface area contributed by atoms with E-state index in [0.717, 1.165) is 0 Å². The highest BCUT2D eigenvalue weighted by Gasteiger charge is 2.46. The van der Waals surface area contributed by atoms with E-state index in [0.29, 0.717) is 17.0 Å². The molecule has 0 aliphatic carbocycles. The molecule has 1 aromatic heterocycles. The Labute approximate surface area is 188 Å². The first-order chi connectivity index (χ1) is 15.4. The smallest absolute Gasteiger partial charge is 0.296 e. The fourth-order valence-electron chi connectivity index (χ4n) is 3.63. The number of hydrogen-bond acceptors (Lipinski definition) is 5. The number of carbonyl (C=O) groups excluding carboxylic acids is 2. The van der Waals surface area contributed by atoms with Crippen molar-refractivity contribution in [3.63, 3.8) is 0 Å². The lowest BCUT2D eigenvalue weighted by Crippen LogP contribution is -2.29. The van der Waals surface area contributed by atoms with Crippen molar-refractivity contribution in [2.75, 3.05) is 7.11 Å². The number of nitrogens with zero attached hydrogens (tertiary/aromatic N) is 2. The molecule has 1 fully saturated rings. The highest BCUT2D eigenvalue weighted by Crippen LogP contribution is 2.41. The second kappa shape index (κ2) is 8.80. The van der Waals surface area contributed by atoms with Crippen molar-refractivity contribution in [1.82, 2.24) is 9.88 Å². The molecule has 162 valence electrons. The molecule has 6 nitrogen and oxygen atoms in total. The number of methoxy groups -OCH3 is 1. The van der Waals surface area contributed by atoms with E-state index in [4.69, 9.17) is 16.3 Å². The van der Waals surface area contributed by atoms with Crippen LogP contribution in [-0.2, 0) is 16.1 Å². The van der Waals surface area contributed by atoms with Crippen LogP contribution in [0, 0.1) is 5.82 Å². The molecule has 3 aromatic rings. The van der Waals surface area contributed by atoms with Gasteiger partial charge in [-0.1, -0.05) is 29.8 Å². The Balaban J connectivity index is 1.87. The van der Waals surface area contributed by atoms with E-state index in [9.17, 15) is 19.1 Å². The molecular weight excluding hydrogens is 435 g/mol. The predicted molar refractivity (Wildman–Crippen MR) is 116 cm³/mol. The number of likely N-dealkylation sites (tertiary alicyclic amines) is 1. The number of rotatable bonds is 5. The summed E-state index contributed by atoms with van der Waals surface area (Å²) in [5.41, 5.74) is 1.04. The van der Waals surface area contributed by atoms with E-state index < -0.39 is 29.3 Å². The van der Waals surface area contributed by atoms with Crippen LogP contribution in [0.5, 0.6) is 5.75 Å². The van der Waals surface area contributed by atoms with Gasteiger partial charge in [0.15, 0.2) is 0 Å². The van der Waals surface area contributed by atoms with Gasteiger partial charge in [-0.05, 0) is 48.0 Å². The highest BCUT2D eigenvalue weighted by atomic mass is 35.5. The van der Waals surface area contributed by atoms with Crippen LogP contribution in [0.15, 0.2) is 72.4 Å². The largest absolute Gasteiger partial charge is 0.507 e. The summed E-state index contributed by atoms with van der Waals surface area (Å²) in [5.74, 6) is -2.08. The van der Waals surface area contributed by atoms with Crippen LogP contribution >= 0.6 is 11.6 Å². The Kier molecular flexibility index (Phi) is 5.92. The zero-order valence-electron chi connectivity index (χ0n) is 17.0. The van der Waals surface area contributed by atoms with E-state index in [1.54, 1.807) is 24.3 Å². The standard InChI is InChI=1S/C24H18ClFN2O4/c1-32-16-9-10-18(25)17(12-16)22(29)20-21(19-4-2-3-11-27-19)28(24(31)23(20)30)13-14-5-7-15(26)8-6-14/h2-12,21,29H,13H2,1H3/b22-20+. The van der Waals surface area contributed by atoms with Gasteiger partial charge in [-0.2, -0.15) is 0 Å². The van der Waals surface area contributed by atoms with Gasteiger partial charge in [-0.25, -0.2) is 4.39 Å². The summed E-state index contributed by atoms with van der Waals surface area (Å²) < 4.78 is 18.5. The number of hydrogen-bond donors (Lipinski definition) is 1. The predicted octanol–water partition coefficient (Wildman–Crippen LogP) is 4.50. The third kappa shape index (κ3) is 3.94. The summed E-state index contributed by atoms with van der Waals surface area (Å²) in [6.45, 7) is 0.0225. The second-order valence-electron chi connectivity index (χ2n) is 7.15. The monoisotopic (exact) mass is 452 g/mol. The fraction of sp³-hybridized carbons (Fsp3) is 0.125. The summed E-state index contributed by atoms with van der Waals surface area (Å²) in [5, 5.41) is 11.3. The molecule has 2 aromatic carbocycles. The van der Waals surface area contributed by atoms with Crippen molar-refractivity contribution in [3.8, 4) is 5.75 Å². The number of carbonyl (C=O) groups is 2. The average Bonchev–Trinajstić information content (AvgIpc) is 3.06. The van der Waals surface area contributed by atoms with Crippen LogP contribution in [0.1, 0.15) is 22.9 Å². The number of benzene rings is 2. The van der Waals surface area contributed by atoms with Gasteiger partial charge in [0, 0.05) is 18.3 Å². The summed E-state index contributed by atoms with van der Waals surface area (Å²) in [6, 6.07) is 14.4. The number of aliphatic hydroxyl groups excluding tert-OH is 1. The quantitative estimate of drug-likeness (QED) is 0.350. The SMILES string of the molecule is COc1ccc(Cl)c(/C(O)=C2\C(=O)C(=O)N(Cc3ccc(F)cc3)C2c2ccccn2)c1. The van der Waals surface area contributed by atoms with Gasteiger partial charge in [0.05, 0.1) is 23.4 Å². The molecule has 1 aliphatic rings. The highest BCUT2D eigenvalue weighted by molar-refractivity contribution is 6.46. The maximum atomic E-state index is 13.3. The molecule has 0 bridgehead atoms. The molecule has 1 N–H and O–H groups in total. The van der Waals surface area contributed by atoms with Gasteiger partial charge in [-0.3, -0.25) is 14.6 Å². The summed E-state index contributed by atoms with van der Waals surface area (Å²) >= 11 is 6.27. The molecule has 1 amide bonds. The van der Waals surface area contributed by atoms with Crippen molar-refractivity contribution < 1.29 is 23.8 Å². The van der Waals surface area contributed by atoms with Gasteiger partial charge in [0.2, 0.25) is 0 Å². The maximum Gasteiger partial charge on any atom is 0.296 e. The van der Waals surface area contributed by atoms with Gasteiger partial charge >= 0.3 is 0 Å². The molecule has 1 unspecified atom stereocenters. The van der Waals surface area contributed by atoms with Crippen LogP contribution in [-0.4, -0.2) is 33.8 Å². The Bertz CT molecular complexity index is 1210. The minimum atomic E-state index is -0.955. The van der Waals surface area contributed by atoms with Crippen molar-refractivity contribution in [3.05, 3.63) is 100 Å². The van der Waals surface area contributed by atoms with Crippen LogP contribution in [0.4, 0.5) is 4.39 Å². The lowest BCUT2D eigenvalue weighted by Gasteiger charge is -2.24.